The van der Waals surface area contributed by atoms with E-state index in [0.717, 1.165) is 31.0 Å². The van der Waals surface area contributed by atoms with Gasteiger partial charge in [0.1, 0.15) is 12.2 Å². The predicted molar refractivity (Wildman–Crippen MR) is 103 cm³/mol. The first-order valence-corrected chi connectivity index (χ1v) is 9.70. The fraction of sp³-hybridized carbons (Fsp3) is 0.591. The molecular weight excluding hydrogens is 342 g/mol. The number of hydrogen-bond donors (Lipinski definition) is 0. The molecule has 1 spiro atoms. The largest absolute Gasteiger partial charge is 0.493 e. The van der Waals surface area contributed by atoms with Crippen LogP contribution >= 0.6 is 0 Å². The molecule has 0 N–H and O–H groups in total. The van der Waals surface area contributed by atoms with E-state index in [-0.39, 0.29) is 23.6 Å². The Morgan fingerprint density at radius 2 is 2.11 bits per heavy atom. The van der Waals surface area contributed by atoms with E-state index in [2.05, 4.69) is 30.2 Å². The van der Waals surface area contributed by atoms with Gasteiger partial charge in [-0.05, 0) is 58.5 Å². The molecule has 0 radical (unpaired) electrons. The number of carbonyl (C=O) groups excluding carboxylic acids is 1. The van der Waals surface area contributed by atoms with Crippen LogP contribution in [-0.4, -0.2) is 43.8 Å². The van der Waals surface area contributed by atoms with Crippen molar-refractivity contribution in [2.45, 2.75) is 57.8 Å². The summed E-state index contributed by atoms with van der Waals surface area (Å²) in [6, 6.07) is 4.16. The van der Waals surface area contributed by atoms with Crippen molar-refractivity contribution >= 4 is 5.97 Å². The molecule has 3 atom stereocenters. The molecule has 1 aliphatic carbocycles. The van der Waals surface area contributed by atoms with Crippen LogP contribution in [0.5, 0.6) is 11.5 Å². The van der Waals surface area contributed by atoms with Crippen LogP contribution in [-0.2, 0) is 21.5 Å². The van der Waals surface area contributed by atoms with Gasteiger partial charge in [0.25, 0.3) is 0 Å². The molecule has 0 fully saturated rings. The molecule has 0 bridgehead atoms. The van der Waals surface area contributed by atoms with Gasteiger partial charge in [-0.2, -0.15) is 0 Å². The predicted octanol–water partition coefficient (Wildman–Crippen LogP) is 3.45. The van der Waals surface area contributed by atoms with Gasteiger partial charge < -0.3 is 19.1 Å². The standard InChI is InChI=1S/C22H29NO4/c1-21(2,3)20(24)26-15-8-9-22-10-11-23(4)13-14-6-7-16(25-5)19(18(14)22)27-17(22)12-15/h6-9,15,17H,10-13H2,1-5H3/t15-,17-,22?/m0/s1. The zero-order chi connectivity index (χ0) is 19.4. The molecule has 0 aromatic heterocycles. The summed E-state index contributed by atoms with van der Waals surface area (Å²) in [5, 5.41) is 0. The Bertz CT molecular complexity index is 794. The molecule has 1 unspecified atom stereocenters. The highest BCUT2D eigenvalue weighted by Crippen LogP contribution is 2.55. The van der Waals surface area contributed by atoms with Gasteiger partial charge in [0.2, 0.25) is 0 Å². The quantitative estimate of drug-likeness (QED) is 0.589. The molecule has 0 amide bonds. The van der Waals surface area contributed by atoms with Crippen LogP contribution in [0.2, 0.25) is 0 Å². The number of nitrogens with zero attached hydrogens (tertiary/aromatic N) is 1. The van der Waals surface area contributed by atoms with Crippen molar-refractivity contribution < 1.29 is 19.0 Å². The van der Waals surface area contributed by atoms with Gasteiger partial charge >= 0.3 is 5.97 Å². The van der Waals surface area contributed by atoms with Crippen LogP contribution < -0.4 is 9.47 Å². The first-order chi connectivity index (χ1) is 12.7. The molecule has 5 nitrogen and oxygen atoms in total. The van der Waals surface area contributed by atoms with Crippen LogP contribution in [0.15, 0.2) is 24.3 Å². The monoisotopic (exact) mass is 371 g/mol. The average Bonchev–Trinajstić information content (AvgIpc) is 2.86. The van der Waals surface area contributed by atoms with Crippen LogP contribution in [0.4, 0.5) is 0 Å². The Balaban J connectivity index is 1.72. The van der Waals surface area contributed by atoms with Crippen LogP contribution in [0.3, 0.4) is 0 Å². The Morgan fingerprint density at radius 3 is 2.81 bits per heavy atom. The molecule has 1 aromatic rings. The SMILES string of the molecule is COc1ccc2c3c1O[C@H]1C[C@@H](OC(=O)C(C)(C)C)C=CC31CCN(C)C2. The van der Waals surface area contributed by atoms with Crippen molar-refractivity contribution in [2.24, 2.45) is 5.41 Å². The van der Waals surface area contributed by atoms with E-state index in [1.165, 1.54) is 11.1 Å². The molecule has 4 rings (SSSR count). The number of benzene rings is 1. The number of methoxy groups -OCH3 is 1. The van der Waals surface area contributed by atoms with E-state index < -0.39 is 5.41 Å². The van der Waals surface area contributed by atoms with Gasteiger partial charge in [-0.1, -0.05) is 12.1 Å². The number of esters is 1. The molecule has 5 heteroatoms. The Labute approximate surface area is 161 Å². The number of hydrogen-bond acceptors (Lipinski definition) is 5. The Hall–Kier alpha value is -2.01. The summed E-state index contributed by atoms with van der Waals surface area (Å²) >= 11 is 0. The summed E-state index contributed by atoms with van der Waals surface area (Å²) in [5.74, 6) is 1.47. The van der Waals surface area contributed by atoms with Gasteiger partial charge in [-0.25, -0.2) is 0 Å². The molecular formula is C22H29NO4. The van der Waals surface area contributed by atoms with E-state index in [9.17, 15) is 4.79 Å². The highest BCUT2D eigenvalue weighted by Gasteiger charge is 2.53. The van der Waals surface area contributed by atoms with E-state index >= 15 is 0 Å². The van der Waals surface area contributed by atoms with Crippen LogP contribution in [0, 0.1) is 5.41 Å². The number of ether oxygens (including phenoxy) is 3. The lowest BCUT2D eigenvalue weighted by atomic mass is 9.69. The van der Waals surface area contributed by atoms with Crippen molar-refractivity contribution in [3.63, 3.8) is 0 Å². The highest BCUT2D eigenvalue weighted by molar-refractivity contribution is 5.75. The number of carbonyl (C=O) groups is 1. The molecule has 0 saturated carbocycles. The zero-order valence-corrected chi connectivity index (χ0v) is 16.9. The van der Waals surface area contributed by atoms with E-state index in [1.807, 2.05) is 26.8 Å². The van der Waals surface area contributed by atoms with E-state index in [1.54, 1.807) is 7.11 Å². The minimum absolute atomic E-state index is 0.0446. The second kappa shape index (κ2) is 6.26. The highest BCUT2D eigenvalue weighted by atomic mass is 16.6. The minimum Gasteiger partial charge on any atom is -0.493 e. The maximum absolute atomic E-state index is 12.3. The third kappa shape index (κ3) is 2.92. The lowest BCUT2D eigenvalue weighted by Gasteiger charge is -2.37. The molecule has 0 saturated heterocycles. The van der Waals surface area contributed by atoms with Gasteiger partial charge in [-0.3, -0.25) is 4.79 Å². The Morgan fingerprint density at radius 1 is 1.33 bits per heavy atom. The summed E-state index contributed by atoms with van der Waals surface area (Å²) in [7, 11) is 3.84. The molecule has 1 aromatic carbocycles. The fourth-order valence-electron chi connectivity index (χ4n) is 4.47. The third-order valence-electron chi connectivity index (χ3n) is 6.00. The summed E-state index contributed by atoms with van der Waals surface area (Å²) in [5.41, 5.74) is 1.87. The normalized spacial score (nSPS) is 29.4. The van der Waals surface area contributed by atoms with Gasteiger partial charge in [-0.15, -0.1) is 0 Å². The van der Waals surface area contributed by atoms with Gasteiger partial charge in [0.05, 0.1) is 17.9 Å². The maximum atomic E-state index is 12.3. The second-order valence-corrected chi connectivity index (χ2v) is 9.05. The minimum atomic E-state index is -0.510. The Kier molecular flexibility index (Phi) is 4.26. The lowest BCUT2D eigenvalue weighted by Crippen LogP contribution is -2.44. The van der Waals surface area contributed by atoms with Gasteiger partial charge in [0, 0.05) is 18.5 Å². The zero-order valence-electron chi connectivity index (χ0n) is 16.9. The third-order valence-corrected chi connectivity index (χ3v) is 6.00. The van der Waals surface area contributed by atoms with E-state index in [4.69, 9.17) is 14.2 Å². The first kappa shape index (κ1) is 18.4. The maximum Gasteiger partial charge on any atom is 0.311 e. The molecule has 2 heterocycles. The summed E-state index contributed by atoms with van der Waals surface area (Å²) in [6.45, 7) is 7.53. The van der Waals surface area contributed by atoms with Crippen molar-refractivity contribution in [2.75, 3.05) is 20.7 Å². The van der Waals surface area contributed by atoms with Crippen molar-refractivity contribution in [3.05, 3.63) is 35.4 Å². The second-order valence-electron chi connectivity index (χ2n) is 9.05. The molecule has 2 aliphatic heterocycles. The van der Waals surface area contributed by atoms with Crippen molar-refractivity contribution in [1.82, 2.24) is 4.90 Å². The average molecular weight is 371 g/mol. The van der Waals surface area contributed by atoms with Crippen LogP contribution in [0.1, 0.15) is 44.7 Å². The smallest absolute Gasteiger partial charge is 0.311 e. The summed E-state index contributed by atoms with van der Waals surface area (Å²) in [4.78, 5) is 14.7. The first-order valence-electron chi connectivity index (χ1n) is 9.70. The summed E-state index contributed by atoms with van der Waals surface area (Å²) in [6.07, 6.45) is 5.65. The van der Waals surface area contributed by atoms with Crippen molar-refractivity contribution in [3.8, 4) is 11.5 Å². The molecule has 27 heavy (non-hydrogen) atoms. The lowest BCUT2D eigenvalue weighted by molar-refractivity contribution is -0.157. The summed E-state index contributed by atoms with van der Waals surface area (Å²) < 4.78 is 17.8. The van der Waals surface area contributed by atoms with Crippen molar-refractivity contribution in [1.29, 1.82) is 0 Å². The van der Waals surface area contributed by atoms with E-state index in [0.29, 0.717) is 6.42 Å². The molecule has 3 aliphatic rings. The van der Waals surface area contributed by atoms with Crippen LogP contribution in [0.25, 0.3) is 0 Å². The molecule has 146 valence electrons. The fourth-order valence-corrected chi connectivity index (χ4v) is 4.47. The number of rotatable bonds is 2. The topological polar surface area (TPSA) is 48.0 Å². The van der Waals surface area contributed by atoms with Gasteiger partial charge in [0.15, 0.2) is 11.5 Å².